The third-order valence-electron chi connectivity index (χ3n) is 3.87. The molecular formula is C20H21NO3S. The summed E-state index contributed by atoms with van der Waals surface area (Å²) in [6.07, 6.45) is 0. The molecule has 0 aliphatic heterocycles. The van der Waals surface area contributed by atoms with E-state index in [1.165, 1.54) is 0 Å². The van der Waals surface area contributed by atoms with Gasteiger partial charge in [-0.2, -0.15) is 0 Å². The minimum Gasteiger partial charge on any atom is -0.492 e. The largest absolute Gasteiger partial charge is 0.492 e. The first kappa shape index (κ1) is 17.5. The Morgan fingerprint density at radius 2 is 1.72 bits per heavy atom. The van der Waals surface area contributed by atoms with E-state index in [1.807, 2.05) is 73.7 Å². The van der Waals surface area contributed by atoms with E-state index in [9.17, 15) is 8.42 Å². The molecule has 0 bridgehead atoms. The van der Waals surface area contributed by atoms with Gasteiger partial charge >= 0.3 is 0 Å². The van der Waals surface area contributed by atoms with Crippen LogP contribution in [0.3, 0.4) is 0 Å². The number of aryl methyl sites for hydroxylation is 1. The molecule has 0 saturated carbocycles. The molecule has 3 aromatic rings. The van der Waals surface area contributed by atoms with Crippen molar-refractivity contribution >= 4 is 20.8 Å². The molecule has 4 nitrogen and oxygen atoms in total. The summed E-state index contributed by atoms with van der Waals surface area (Å²) >= 11 is 0. The average molecular weight is 355 g/mol. The van der Waals surface area contributed by atoms with Crippen molar-refractivity contribution in [1.82, 2.24) is 4.72 Å². The maximum absolute atomic E-state index is 12.2. The van der Waals surface area contributed by atoms with Gasteiger partial charge in [0.25, 0.3) is 0 Å². The quantitative estimate of drug-likeness (QED) is 0.658. The fraction of sp³-hybridized carbons (Fsp3) is 0.200. The average Bonchev–Trinajstić information content (AvgIpc) is 2.58. The van der Waals surface area contributed by atoms with E-state index in [2.05, 4.69) is 4.72 Å². The molecule has 0 spiro atoms. The third kappa shape index (κ3) is 4.81. The van der Waals surface area contributed by atoms with Crippen LogP contribution < -0.4 is 9.46 Å². The van der Waals surface area contributed by atoms with Crippen LogP contribution >= 0.6 is 0 Å². The van der Waals surface area contributed by atoms with Crippen LogP contribution in [0.4, 0.5) is 0 Å². The normalized spacial score (nSPS) is 11.6. The van der Waals surface area contributed by atoms with Crippen molar-refractivity contribution in [2.75, 3.05) is 13.2 Å². The van der Waals surface area contributed by atoms with Gasteiger partial charge in [0.2, 0.25) is 10.0 Å². The molecule has 0 aliphatic carbocycles. The van der Waals surface area contributed by atoms with Gasteiger partial charge in [0.15, 0.2) is 0 Å². The van der Waals surface area contributed by atoms with E-state index in [0.29, 0.717) is 0 Å². The Balaban J connectivity index is 1.55. The van der Waals surface area contributed by atoms with Crippen molar-refractivity contribution in [2.24, 2.45) is 0 Å². The number of hydrogen-bond acceptors (Lipinski definition) is 3. The highest BCUT2D eigenvalue weighted by molar-refractivity contribution is 7.88. The van der Waals surface area contributed by atoms with Crippen LogP contribution in [-0.2, 0) is 15.8 Å². The van der Waals surface area contributed by atoms with E-state index in [0.717, 1.165) is 27.6 Å². The van der Waals surface area contributed by atoms with Gasteiger partial charge in [-0.1, -0.05) is 66.2 Å². The summed E-state index contributed by atoms with van der Waals surface area (Å²) in [5, 5.41) is 2.12. The summed E-state index contributed by atoms with van der Waals surface area (Å²) in [6.45, 7) is 2.46. The number of hydrogen-bond donors (Lipinski definition) is 1. The lowest BCUT2D eigenvalue weighted by molar-refractivity contribution is 0.326. The summed E-state index contributed by atoms with van der Waals surface area (Å²) in [5.74, 6) is 0.735. The minimum absolute atomic E-state index is 0.0249. The second kappa shape index (κ2) is 7.68. The summed E-state index contributed by atoms with van der Waals surface area (Å²) in [7, 11) is -3.38. The summed E-state index contributed by atoms with van der Waals surface area (Å²) in [5.41, 5.74) is 1.83. The van der Waals surface area contributed by atoms with Crippen molar-refractivity contribution in [2.45, 2.75) is 12.7 Å². The maximum Gasteiger partial charge on any atom is 0.215 e. The molecule has 0 amide bonds. The predicted octanol–water partition coefficient (Wildman–Crippen LogP) is 3.65. The van der Waals surface area contributed by atoms with Gasteiger partial charge in [0.05, 0.1) is 5.75 Å². The molecule has 0 fully saturated rings. The van der Waals surface area contributed by atoms with Crippen LogP contribution in [0.15, 0.2) is 66.7 Å². The molecule has 130 valence electrons. The first-order chi connectivity index (χ1) is 12.0. The van der Waals surface area contributed by atoms with E-state index < -0.39 is 10.0 Å². The number of fused-ring (bicyclic) bond motifs is 1. The van der Waals surface area contributed by atoms with Crippen molar-refractivity contribution < 1.29 is 13.2 Å². The number of benzene rings is 3. The third-order valence-corrected chi connectivity index (χ3v) is 5.23. The van der Waals surface area contributed by atoms with Crippen molar-refractivity contribution in [3.05, 3.63) is 77.9 Å². The highest BCUT2D eigenvalue weighted by Crippen LogP contribution is 2.24. The van der Waals surface area contributed by atoms with Crippen LogP contribution in [0.25, 0.3) is 10.8 Å². The summed E-state index contributed by atoms with van der Waals surface area (Å²) in [4.78, 5) is 0. The number of sulfonamides is 1. The van der Waals surface area contributed by atoms with E-state index in [4.69, 9.17) is 4.74 Å². The molecule has 0 saturated heterocycles. The lowest BCUT2D eigenvalue weighted by Gasteiger charge is -2.11. The lowest BCUT2D eigenvalue weighted by atomic mass is 10.1. The Kier molecular flexibility index (Phi) is 5.36. The zero-order valence-corrected chi connectivity index (χ0v) is 14.9. The standard InChI is InChI=1S/C20H21NO3S/c1-16-6-4-7-17(14-16)15-25(22,23)21-12-13-24-20-11-5-9-18-8-2-3-10-19(18)20/h2-11,14,21H,12-13,15H2,1H3. The van der Waals surface area contributed by atoms with Gasteiger partial charge < -0.3 is 4.74 Å². The molecule has 3 aromatic carbocycles. The zero-order valence-electron chi connectivity index (χ0n) is 14.1. The monoisotopic (exact) mass is 355 g/mol. The first-order valence-electron chi connectivity index (χ1n) is 8.17. The van der Waals surface area contributed by atoms with Gasteiger partial charge in [0, 0.05) is 11.9 Å². The fourth-order valence-corrected chi connectivity index (χ4v) is 3.87. The minimum atomic E-state index is -3.38. The fourth-order valence-electron chi connectivity index (χ4n) is 2.75. The number of nitrogens with one attached hydrogen (secondary N) is 1. The molecule has 0 atom stereocenters. The van der Waals surface area contributed by atoms with Crippen LogP contribution in [0, 0.1) is 6.92 Å². The van der Waals surface area contributed by atoms with Crippen LogP contribution in [0.5, 0.6) is 5.75 Å². The smallest absolute Gasteiger partial charge is 0.215 e. The lowest BCUT2D eigenvalue weighted by Crippen LogP contribution is -2.29. The van der Waals surface area contributed by atoms with E-state index in [-0.39, 0.29) is 18.9 Å². The zero-order chi connectivity index (χ0) is 17.7. The van der Waals surface area contributed by atoms with Crippen LogP contribution in [0.2, 0.25) is 0 Å². The Bertz CT molecular complexity index is 962. The maximum atomic E-state index is 12.2. The van der Waals surface area contributed by atoms with E-state index in [1.54, 1.807) is 0 Å². The van der Waals surface area contributed by atoms with Crippen molar-refractivity contribution in [3.8, 4) is 5.75 Å². The van der Waals surface area contributed by atoms with Gasteiger partial charge in [-0.25, -0.2) is 13.1 Å². The Morgan fingerprint density at radius 1 is 0.960 bits per heavy atom. The molecule has 25 heavy (non-hydrogen) atoms. The molecule has 0 heterocycles. The highest BCUT2D eigenvalue weighted by Gasteiger charge is 2.11. The predicted molar refractivity (Wildman–Crippen MR) is 101 cm³/mol. The van der Waals surface area contributed by atoms with Gasteiger partial charge in [-0.3, -0.25) is 0 Å². The molecular weight excluding hydrogens is 334 g/mol. The molecule has 0 aliphatic rings. The molecule has 1 N–H and O–H groups in total. The topological polar surface area (TPSA) is 55.4 Å². The summed E-state index contributed by atoms with van der Waals surface area (Å²) < 4.78 is 32.7. The first-order valence-corrected chi connectivity index (χ1v) is 9.82. The Morgan fingerprint density at radius 3 is 2.56 bits per heavy atom. The van der Waals surface area contributed by atoms with Crippen molar-refractivity contribution in [3.63, 3.8) is 0 Å². The second-order valence-electron chi connectivity index (χ2n) is 5.97. The molecule has 5 heteroatoms. The van der Waals surface area contributed by atoms with Gasteiger partial charge in [-0.15, -0.1) is 0 Å². The highest BCUT2D eigenvalue weighted by atomic mass is 32.2. The Labute approximate surface area is 148 Å². The van der Waals surface area contributed by atoms with Gasteiger partial charge in [0.1, 0.15) is 12.4 Å². The molecule has 0 aromatic heterocycles. The Hall–Kier alpha value is -2.37. The molecule has 0 radical (unpaired) electrons. The number of rotatable bonds is 7. The molecule has 3 rings (SSSR count). The second-order valence-corrected chi connectivity index (χ2v) is 7.78. The SMILES string of the molecule is Cc1cccc(CS(=O)(=O)NCCOc2cccc3ccccc23)c1. The molecule has 0 unspecified atom stereocenters. The van der Waals surface area contributed by atoms with Gasteiger partial charge in [-0.05, 0) is 23.9 Å². The van der Waals surface area contributed by atoms with Crippen LogP contribution in [0.1, 0.15) is 11.1 Å². The van der Waals surface area contributed by atoms with Crippen molar-refractivity contribution in [1.29, 1.82) is 0 Å². The summed E-state index contributed by atoms with van der Waals surface area (Å²) in [6, 6.07) is 21.3. The number of ether oxygens (including phenoxy) is 1. The van der Waals surface area contributed by atoms with E-state index >= 15 is 0 Å². The van der Waals surface area contributed by atoms with Crippen LogP contribution in [-0.4, -0.2) is 21.6 Å².